The molecule has 3 rings (SSSR count). The highest BCUT2D eigenvalue weighted by Gasteiger charge is 2.36. The van der Waals surface area contributed by atoms with Crippen molar-refractivity contribution in [2.24, 2.45) is 10.9 Å². The molecule has 4 nitrogen and oxygen atoms in total. The van der Waals surface area contributed by atoms with Crippen molar-refractivity contribution in [2.45, 2.75) is 56.8 Å². The van der Waals surface area contributed by atoms with Crippen LogP contribution in [0.15, 0.2) is 35.3 Å². The van der Waals surface area contributed by atoms with Crippen LogP contribution >= 0.6 is 0 Å². The minimum Gasteiger partial charge on any atom is -0.282 e. The number of aromatic nitrogens is 2. The normalized spacial score (nSPS) is 17.9. The molecule has 180 valence electrons. The summed E-state index contributed by atoms with van der Waals surface area (Å²) in [6.07, 6.45) is -9.80. The van der Waals surface area contributed by atoms with E-state index in [1.54, 1.807) is 0 Å². The molecular weight excluding hydrogens is 462 g/mol. The number of nitrogens with one attached hydrogen (secondary N) is 1. The largest absolute Gasteiger partial charge is 0.435 e. The number of hydrogen-bond acceptors (Lipinski definition) is 2. The standard InChI is InChI=1S/C21H19F8N3O/c22-19(23)7-5-12(6-8-19)9-15(10-16-11-17(32-31-16)21(27,28)29)30-18(33)13-1-3-14(4-2-13)20(24,25)26/h1-4,11-12H,5-10H2,(H,31,32). The summed E-state index contributed by atoms with van der Waals surface area (Å²) in [6.45, 7) is 0. The molecular formula is C21H19F8N3O. The highest BCUT2D eigenvalue weighted by atomic mass is 19.4. The fourth-order valence-electron chi connectivity index (χ4n) is 3.62. The highest BCUT2D eigenvalue weighted by Crippen LogP contribution is 2.38. The van der Waals surface area contributed by atoms with E-state index in [-0.39, 0.29) is 61.4 Å². The molecule has 1 amide bonds. The second-order valence-electron chi connectivity index (χ2n) is 8.01. The summed E-state index contributed by atoms with van der Waals surface area (Å²) >= 11 is 0. The number of halogens is 8. The number of carbonyl (C=O) groups is 1. The summed E-state index contributed by atoms with van der Waals surface area (Å²) in [5, 5.41) is 5.40. The van der Waals surface area contributed by atoms with Crippen molar-refractivity contribution < 1.29 is 39.9 Å². The lowest BCUT2D eigenvalue weighted by atomic mass is 9.83. The Labute approximate surface area is 183 Å². The Morgan fingerprint density at radius 3 is 2.15 bits per heavy atom. The van der Waals surface area contributed by atoms with Gasteiger partial charge in [0, 0.05) is 36.2 Å². The van der Waals surface area contributed by atoms with E-state index in [2.05, 4.69) is 15.2 Å². The zero-order valence-electron chi connectivity index (χ0n) is 17.0. The first kappa shape index (κ1) is 24.8. The van der Waals surface area contributed by atoms with E-state index in [9.17, 15) is 39.9 Å². The van der Waals surface area contributed by atoms with Crippen molar-refractivity contribution in [1.82, 2.24) is 10.2 Å². The van der Waals surface area contributed by atoms with Crippen molar-refractivity contribution in [2.75, 3.05) is 0 Å². The van der Waals surface area contributed by atoms with Crippen molar-refractivity contribution in [1.29, 1.82) is 0 Å². The van der Waals surface area contributed by atoms with E-state index in [1.807, 2.05) is 0 Å². The van der Waals surface area contributed by atoms with E-state index in [0.29, 0.717) is 0 Å². The molecule has 0 spiro atoms. The number of nitrogens with zero attached hydrogens (tertiary/aromatic N) is 2. The fourth-order valence-corrected chi connectivity index (χ4v) is 3.62. The maximum absolute atomic E-state index is 13.4. The SMILES string of the molecule is O=C(N=C(Cc1cc(C(F)(F)F)n[nH]1)CC1CCC(F)(F)CC1)c1ccc(C(F)(F)F)cc1. The molecule has 1 heterocycles. The van der Waals surface area contributed by atoms with Gasteiger partial charge >= 0.3 is 12.4 Å². The van der Waals surface area contributed by atoms with Gasteiger partial charge in [0.25, 0.3) is 5.91 Å². The third-order valence-electron chi connectivity index (χ3n) is 5.40. The number of benzene rings is 1. The van der Waals surface area contributed by atoms with E-state index >= 15 is 0 Å². The summed E-state index contributed by atoms with van der Waals surface area (Å²) in [5.74, 6) is -3.92. The van der Waals surface area contributed by atoms with Gasteiger partial charge in [-0.05, 0) is 55.5 Å². The van der Waals surface area contributed by atoms with Crippen molar-refractivity contribution in [3.05, 3.63) is 52.8 Å². The molecule has 1 aliphatic rings. The van der Waals surface area contributed by atoms with Gasteiger partial charge in [0.1, 0.15) is 0 Å². The Balaban J connectivity index is 1.81. The lowest BCUT2D eigenvalue weighted by Crippen LogP contribution is -2.26. The molecule has 1 saturated carbocycles. The molecule has 0 unspecified atom stereocenters. The maximum Gasteiger partial charge on any atom is 0.435 e. The average Bonchev–Trinajstić information content (AvgIpc) is 3.18. The molecule has 1 aromatic carbocycles. The summed E-state index contributed by atoms with van der Waals surface area (Å²) in [5.41, 5.74) is -2.11. The third kappa shape index (κ3) is 6.84. The molecule has 0 bridgehead atoms. The second kappa shape index (κ2) is 9.22. The van der Waals surface area contributed by atoms with E-state index in [0.717, 1.165) is 30.3 Å². The zero-order valence-corrected chi connectivity index (χ0v) is 17.0. The lowest BCUT2D eigenvalue weighted by Gasteiger charge is -2.28. The molecule has 0 saturated heterocycles. The lowest BCUT2D eigenvalue weighted by molar-refractivity contribution is -0.141. The number of hydrogen-bond donors (Lipinski definition) is 1. The van der Waals surface area contributed by atoms with Crippen molar-refractivity contribution >= 4 is 11.6 Å². The minimum atomic E-state index is -4.68. The number of amides is 1. The van der Waals surface area contributed by atoms with Gasteiger partial charge in [-0.3, -0.25) is 9.89 Å². The van der Waals surface area contributed by atoms with Gasteiger partial charge in [-0.25, -0.2) is 13.8 Å². The zero-order chi connectivity index (χ0) is 24.4. The molecule has 1 N–H and O–H groups in total. The van der Waals surface area contributed by atoms with Crippen molar-refractivity contribution in [3.63, 3.8) is 0 Å². The third-order valence-corrected chi connectivity index (χ3v) is 5.40. The van der Waals surface area contributed by atoms with Gasteiger partial charge in [0.2, 0.25) is 5.92 Å². The van der Waals surface area contributed by atoms with Gasteiger partial charge in [0.15, 0.2) is 5.69 Å². The predicted molar refractivity (Wildman–Crippen MR) is 102 cm³/mol. The summed E-state index contributed by atoms with van der Waals surface area (Å²) < 4.78 is 103. The summed E-state index contributed by atoms with van der Waals surface area (Å²) in [6, 6.07) is 4.09. The molecule has 33 heavy (non-hydrogen) atoms. The Bertz CT molecular complexity index is 996. The first-order valence-electron chi connectivity index (χ1n) is 10.0. The van der Waals surface area contributed by atoms with Gasteiger partial charge in [-0.15, -0.1) is 0 Å². The van der Waals surface area contributed by atoms with Crippen LogP contribution in [0.1, 0.15) is 59.4 Å². The second-order valence-corrected chi connectivity index (χ2v) is 8.01. The Hall–Kier alpha value is -2.79. The van der Waals surface area contributed by atoms with Crippen LogP contribution in [-0.4, -0.2) is 27.7 Å². The van der Waals surface area contributed by atoms with Crippen LogP contribution in [0.3, 0.4) is 0 Å². The number of alkyl halides is 8. The smallest absolute Gasteiger partial charge is 0.282 e. The number of aromatic amines is 1. The molecule has 0 aliphatic heterocycles. The molecule has 0 atom stereocenters. The van der Waals surface area contributed by atoms with Crippen LogP contribution in [0, 0.1) is 5.92 Å². The first-order valence-corrected chi connectivity index (χ1v) is 10.0. The van der Waals surface area contributed by atoms with Gasteiger partial charge in [-0.1, -0.05) is 0 Å². The number of rotatable bonds is 5. The van der Waals surface area contributed by atoms with Crippen LogP contribution in [0.5, 0.6) is 0 Å². The predicted octanol–water partition coefficient (Wildman–Crippen LogP) is 6.49. The molecule has 12 heteroatoms. The maximum atomic E-state index is 13.4. The van der Waals surface area contributed by atoms with Crippen LogP contribution in [0.2, 0.25) is 0 Å². The van der Waals surface area contributed by atoms with Crippen LogP contribution < -0.4 is 0 Å². The molecule has 0 radical (unpaired) electrons. The van der Waals surface area contributed by atoms with E-state index < -0.39 is 35.4 Å². The van der Waals surface area contributed by atoms with Crippen molar-refractivity contribution in [3.8, 4) is 0 Å². The molecule has 1 aromatic heterocycles. The quantitative estimate of drug-likeness (QED) is 0.392. The van der Waals surface area contributed by atoms with Gasteiger partial charge in [-0.2, -0.15) is 31.4 Å². The number of H-pyrrole nitrogens is 1. The van der Waals surface area contributed by atoms with Crippen LogP contribution in [0.4, 0.5) is 35.1 Å². The Morgan fingerprint density at radius 1 is 1.03 bits per heavy atom. The monoisotopic (exact) mass is 481 g/mol. The van der Waals surface area contributed by atoms with Gasteiger partial charge in [0.05, 0.1) is 5.56 Å². The Morgan fingerprint density at radius 2 is 1.64 bits per heavy atom. The first-order chi connectivity index (χ1) is 15.2. The number of aliphatic imine (C=N–C) groups is 1. The van der Waals surface area contributed by atoms with E-state index in [1.165, 1.54) is 0 Å². The summed E-state index contributed by atoms with van der Waals surface area (Å²) in [4.78, 5) is 16.4. The number of carbonyl (C=O) groups excluding carboxylic acids is 1. The topological polar surface area (TPSA) is 58.1 Å². The van der Waals surface area contributed by atoms with Gasteiger partial charge < -0.3 is 0 Å². The molecule has 1 fully saturated rings. The fraction of sp³-hybridized carbons (Fsp3) is 0.476. The van der Waals surface area contributed by atoms with Crippen LogP contribution in [-0.2, 0) is 18.8 Å². The summed E-state index contributed by atoms with van der Waals surface area (Å²) in [7, 11) is 0. The highest BCUT2D eigenvalue weighted by molar-refractivity contribution is 6.04. The Kier molecular flexibility index (Phi) is 6.94. The van der Waals surface area contributed by atoms with Crippen LogP contribution in [0.25, 0.3) is 0 Å². The molecule has 2 aromatic rings. The minimum absolute atomic E-state index is 0.0161. The molecule has 1 aliphatic carbocycles. The van der Waals surface area contributed by atoms with E-state index in [4.69, 9.17) is 0 Å². The average molecular weight is 481 g/mol.